The van der Waals surface area contributed by atoms with Crippen LogP contribution in [0.15, 0.2) is 0 Å². The predicted octanol–water partition coefficient (Wildman–Crippen LogP) is 3.22. The fourth-order valence-electron chi connectivity index (χ4n) is 1.83. The minimum absolute atomic E-state index is 0.651. The van der Waals surface area contributed by atoms with E-state index in [9.17, 15) is 0 Å². The number of hydrogen-bond acceptors (Lipinski definition) is 2. The van der Waals surface area contributed by atoms with Crippen LogP contribution in [0.2, 0.25) is 5.02 Å². The van der Waals surface area contributed by atoms with Gasteiger partial charge < -0.3 is 0 Å². The van der Waals surface area contributed by atoms with Crippen LogP contribution in [0, 0.1) is 6.92 Å². The molecule has 1 aromatic rings. The Labute approximate surface area is 114 Å². The van der Waals surface area contributed by atoms with Gasteiger partial charge in [-0.15, -0.1) is 11.6 Å². The van der Waals surface area contributed by atoms with Gasteiger partial charge in [0.25, 0.3) is 0 Å². The van der Waals surface area contributed by atoms with Gasteiger partial charge in [-0.3, -0.25) is 9.58 Å². The van der Waals surface area contributed by atoms with Crippen LogP contribution in [0.5, 0.6) is 0 Å². The highest BCUT2D eigenvalue weighted by Crippen LogP contribution is 2.21. The Morgan fingerprint density at radius 2 is 2.06 bits per heavy atom. The zero-order chi connectivity index (χ0) is 12.8. The first-order valence-corrected chi connectivity index (χ1v) is 6.97. The number of hydrogen-bond donors (Lipinski definition) is 0. The largest absolute Gasteiger partial charge is 0.296 e. The maximum absolute atomic E-state index is 6.25. The van der Waals surface area contributed by atoms with Crippen molar-refractivity contribution in [1.82, 2.24) is 14.7 Å². The van der Waals surface area contributed by atoms with Gasteiger partial charge in [0, 0.05) is 26.0 Å². The third-order valence-corrected chi connectivity index (χ3v) is 3.52. The van der Waals surface area contributed by atoms with E-state index in [0.29, 0.717) is 5.88 Å². The molecule has 0 atom stereocenters. The molecule has 1 rings (SSSR count). The van der Waals surface area contributed by atoms with Crippen LogP contribution < -0.4 is 0 Å². The maximum atomic E-state index is 6.25. The Morgan fingerprint density at radius 1 is 1.35 bits per heavy atom. The van der Waals surface area contributed by atoms with Crippen LogP contribution >= 0.6 is 23.2 Å². The first-order chi connectivity index (χ1) is 8.10. The average Bonchev–Trinajstić information content (AvgIpc) is 2.53. The Hall–Kier alpha value is -0.250. The third-order valence-electron chi connectivity index (χ3n) is 2.86. The highest BCUT2D eigenvalue weighted by atomic mass is 35.5. The van der Waals surface area contributed by atoms with E-state index in [2.05, 4.69) is 16.9 Å². The normalized spacial score (nSPS) is 11.4. The van der Waals surface area contributed by atoms with Gasteiger partial charge in [-0.25, -0.2) is 0 Å². The fourth-order valence-corrected chi connectivity index (χ4v) is 2.29. The van der Waals surface area contributed by atoms with E-state index in [4.69, 9.17) is 23.2 Å². The number of halogens is 2. The summed E-state index contributed by atoms with van der Waals surface area (Å²) in [5.41, 5.74) is 1.97. The fraction of sp³-hybridized carbons (Fsp3) is 0.750. The lowest BCUT2D eigenvalue weighted by atomic mass is 10.3. The molecule has 17 heavy (non-hydrogen) atoms. The molecule has 0 aromatic carbocycles. The molecule has 0 aliphatic heterocycles. The van der Waals surface area contributed by atoms with E-state index in [1.807, 2.05) is 18.7 Å². The second-order valence-electron chi connectivity index (χ2n) is 4.29. The van der Waals surface area contributed by atoms with Gasteiger partial charge in [-0.2, -0.15) is 5.10 Å². The molecular weight excluding hydrogens is 257 g/mol. The van der Waals surface area contributed by atoms with Crippen molar-refractivity contribution in [3.63, 3.8) is 0 Å². The predicted molar refractivity (Wildman–Crippen MR) is 73.9 cm³/mol. The molecule has 0 bridgehead atoms. The smallest absolute Gasteiger partial charge is 0.0860 e. The summed E-state index contributed by atoms with van der Waals surface area (Å²) in [6.45, 7) is 6.90. The van der Waals surface area contributed by atoms with Crippen molar-refractivity contribution >= 4 is 23.2 Å². The van der Waals surface area contributed by atoms with Crippen molar-refractivity contribution in [2.75, 3.05) is 19.0 Å². The molecule has 98 valence electrons. The Morgan fingerprint density at radius 3 is 2.53 bits per heavy atom. The van der Waals surface area contributed by atoms with Crippen molar-refractivity contribution in [3.8, 4) is 0 Å². The molecule has 5 heteroatoms. The number of rotatable bonds is 7. The average molecular weight is 278 g/mol. The number of aryl methyl sites for hydroxylation is 2. The molecule has 0 radical (unpaired) electrons. The molecule has 0 aliphatic carbocycles. The van der Waals surface area contributed by atoms with Gasteiger partial charge in [-0.1, -0.05) is 24.9 Å². The van der Waals surface area contributed by atoms with Crippen LogP contribution in [0.1, 0.15) is 31.2 Å². The van der Waals surface area contributed by atoms with E-state index in [0.717, 1.165) is 36.0 Å². The monoisotopic (exact) mass is 277 g/mol. The third kappa shape index (κ3) is 4.16. The summed E-state index contributed by atoms with van der Waals surface area (Å²) in [7, 11) is 1.94. The molecule has 1 heterocycles. The number of unbranched alkanes of at least 4 members (excludes halogenated alkanes) is 1. The molecule has 0 saturated carbocycles. The number of aromatic nitrogens is 2. The Balaban J connectivity index is 2.70. The summed E-state index contributed by atoms with van der Waals surface area (Å²) in [5, 5.41) is 5.11. The van der Waals surface area contributed by atoms with E-state index in [-0.39, 0.29) is 0 Å². The van der Waals surface area contributed by atoms with E-state index < -0.39 is 0 Å². The molecule has 0 spiro atoms. The summed E-state index contributed by atoms with van der Waals surface area (Å²) < 4.78 is 1.87. The van der Waals surface area contributed by atoms with Crippen LogP contribution in [-0.2, 0) is 13.6 Å². The van der Waals surface area contributed by atoms with Crippen LogP contribution in [0.3, 0.4) is 0 Å². The van der Waals surface area contributed by atoms with Gasteiger partial charge in [-0.05, 0) is 19.9 Å². The number of alkyl halides is 1. The van der Waals surface area contributed by atoms with Crippen molar-refractivity contribution < 1.29 is 0 Å². The van der Waals surface area contributed by atoms with Crippen molar-refractivity contribution in [1.29, 1.82) is 0 Å². The quantitative estimate of drug-likeness (QED) is 0.714. The molecule has 1 aromatic heterocycles. The first-order valence-electron chi connectivity index (χ1n) is 6.06. The van der Waals surface area contributed by atoms with Crippen LogP contribution in [-0.4, -0.2) is 33.6 Å². The van der Waals surface area contributed by atoms with E-state index >= 15 is 0 Å². The zero-order valence-electron chi connectivity index (χ0n) is 10.8. The van der Waals surface area contributed by atoms with E-state index in [1.165, 1.54) is 12.8 Å². The van der Waals surface area contributed by atoms with Crippen LogP contribution in [0.25, 0.3) is 0 Å². The van der Waals surface area contributed by atoms with Gasteiger partial charge in [0.1, 0.15) is 0 Å². The lowest BCUT2D eigenvalue weighted by Crippen LogP contribution is -2.27. The minimum atomic E-state index is 0.651. The zero-order valence-corrected chi connectivity index (χ0v) is 12.4. The highest BCUT2D eigenvalue weighted by Gasteiger charge is 2.14. The standard InChI is InChI=1S/C12H21Cl2N3/c1-4-5-7-17(8-6-13)9-11-12(14)10(2)15-16(11)3/h4-9H2,1-3H3. The van der Waals surface area contributed by atoms with Gasteiger partial charge in [0.15, 0.2) is 0 Å². The van der Waals surface area contributed by atoms with Crippen molar-refractivity contribution in [3.05, 3.63) is 16.4 Å². The lowest BCUT2D eigenvalue weighted by Gasteiger charge is -2.21. The SMILES string of the molecule is CCCCN(CCCl)Cc1c(Cl)c(C)nn1C. The topological polar surface area (TPSA) is 21.1 Å². The molecule has 0 unspecified atom stereocenters. The van der Waals surface area contributed by atoms with Gasteiger partial charge in [0.2, 0.25) is 0 Å². The molecule has 0 N–H and O–H groups in total. The van der Waals surface area contributed by atoms with Gasteiger partial charge in [0.05, 0.1) is 16.4 Å². The summed E-state index contributed by atoms with van der Waals surface area (Å²) >= 11 is 12.1. The maximum Gasteiger partial charge on any atom is 0.0860 e. The molecule has 0 saturated heterocycles. The summed E-state index contributed by atoms with van der Waals surface area (Å²) in [6, 6.07) is 0. The summed E-state index contributed by atoms with van der Waals surface area (Å²) in [4.78, 5) is 2.33. The molecule has 0 aliphatic rings. The van der Waals surface area contributed by atoms with E-state index in [1.54, 1.807) is 0 Å². The molecule has 0 fully saturated rings. The first kappa shape index (κ1) is 14.8. The molecule has 0 amide bonds. The van der Waals surface area contributed by atoms with Gasteiger partial charge >= 0.3 is 0 Å². The highest BCUT2D eigenvalue weighted by molar-refractivity contribution is 6.31. The van der Waals surface area contributed by atoms with Crippen LogP contribution in [0.4, 0.5) is 0 Å². The Kier molecular flexibility index (Phi) is 6.31. The summed E-state index contributed by atoms with van der Waals surface area (Å²) in [5.74, 6) is 0.651. The molecule has 3 nitrogen and oxygen atoms in total. The van der Waals surface area contributed by atoms with Crippen molar-refractivity contribution in [2.24, 2.45) is 7.05 Å². The Bertz CT molecular complexity index is 350. The lowest BCUT2D eigenvalue weighted by molar-refractivity contribution is 0.270. The summed E-state index contributed by atoms with van der Waals surface area (Å²) in [6.07, 6.45) is 2.38. The van der Waals surface area contributed by atoms with Crippen molar-refractivity contribution in [2.45, 2.75) is 33.2 Å². The second kappa shape index (κ2) is 7.24. The number of nitrogens with zero attached hydrogens (tertiary/aromatic N) is 3. The minimum Gasteiger partial charge on any atom is -0.296 e. The second-order valence-corrected chi connectivity index (χ2v) is 5.04. The molecular formula is C12H21Cl2N3.